The van der Waals surface area contributed by atoms with Gasteiger partial charge in [-0.05, 0) is 37.2 Å². The summed E-state index contributed by atoms with van der Waals surface area (Å²) in [5.41, 5.74) is 6.38. The Morgan fingerprint density at radius 1 is 1.27 bits per heavy atom. The standard InChI is InChI=1S/C17H21NO4/c1-11(18)16-8-17(9-16,10-16)15(21)22-13(14(19)20)7-12-5-3-2-4-6-12/h2-6,11,13H,7-10,18H2,1H3,(H,19,20)/t11-,13-,16?,17?/m0/s1. The lowest BCUT2D eigenvalue weighted by Gasteiger charge is -2.70. The number of benzene rings is 1. The molecule has 0 radical (unpaired) electrons. The fraction of sp³-hybridized carbons (Fsp3) is 0.529. The first kappa shape index (κ1) is 15.0. The summed E-state index contributed by atoms with van der Waals surface area (Å²) in [6.07, 6.45) is 1.25. The van der Waals surface area contributed by atoms with Crippen molar-refractivity contribution >= 4 is 11.9 Å². The molecule has 1 aromatic rings. The molecule has 3 aliphatic carbocycles. The molecule has 2 bridgehead atoms. The number of hydrogen-bond acceptors (Lipinski definition) is 4. The van der Waals surface area contributed by atoms with Crippen molar-refractivity contribution in [2.24, 2.45) is 16.6 Å². The molecule has 0 saturated heterocycles. The highest BCUT2D eigenvalue weighted by atomic mass is 16.6. The Kier molecular flexibility index (Phi) is 3.48. The second-order valence-corrected chi connectivity index (χ2v) is 6.88. The van der Waals surface area contributed by atoms with E-state index < -0.39 is 17.5 Å². The number of esters is 1. The first-order chi connectivity index (χ1) is 10.4. The molecule has 5 nitrogen and oxygen atoms in total. The summed E-state index contributed by atoms with van der Waals surface area (Å²) < 4.78 is 5.31. The largest absolute Gasteiger partial charge is 0.478 e. The number of hydrogen-bond donors (Lipinski definition) is 2. The van der Waals surface area contributed by atoms with Crippen molar-refractivity contribution in [2.75, 3.05) is 0 Å². The van der Waals surface area contributed by atoms with E-state index in [0.29, 0.717) is 0 Å². The van der Waals surface area contributed by atoms with Gasteiger partial charge in [0.25, 0.3) is 0 Å². The van der Waals surface area contributed by atoms with Crippen LogP contribution in [0.3, 0.4) is 0 Å². The van der Waals surface area contributed by atoms with Gasteiger partial charge in [-0.15, -0.1) is 0 Å². The van der Waals surface area contributed by atoms with E-state index in [4.69, 9.17) is 10.5 Å². The lowest BCUT2D eigenvalue weighted by molar-refractivity contribution is -0.237. The van der Waals surface area contributed by atoms with Crippen LogP contribution in [0.2, 0.25) is 0 Å². The lowest BCUT2D eigenvalue weighted by Crippen LogP contribution is -2.71. The van der Waals surface area contributed by atoms with Crippen LogP contribution >= 0.6 is 0 Å². The zero-order chi connectivity index (χ0) is 16.0. The predicted molar refractivity (Wildman–Crippen MR) is 80.0 cm³/mol. The SMILES string of the molecule is C[C@H](N)C12CC(C(=O)O[C@@H](Cc3ccccc3)C(=O)O)(C1)C2. The fourth-order valence-electron chi connectivity index (χ4n) is 3.83. The highest BCUT2D eigenvalue weighted by molar-refractivity contribution is 5.84. The van der Waals surface area contributed by atoms with Crippen LogP contribution in [0, 0.1) is 10.8 Å². The minimum absolute atomic E-state index is 0.0711. The van der Waals surface area contributed by atoms with Crippen LogP contribution in [0.1, 0.15) is 31.7 Å². The van der Waals surface area contributed by atoms with Gasteiger partial charge in [0.2, 0.25) is 6.10 Å². The second kappa shape index (κ2) is 5.09. The molecule has 118 valence electrons. The zero-order valence-electron chi connectivity index (χ0n) is 12.6. The molecule has 1 aromatic carbocycles. The van der Waals surface area contributed by atoms with Gasteiger partial charge in [0.15, 0.2) is 0 Å². The topological polar surface area (TPSA) is 89.6 Å². The molecule has 4 rings (SSSR count). The van der Waals surface area contributed by atoms with Gasteiger partial charge >= 0.3 is 11.9 Å². The molecule has 2 atom stereocenters. The molecule has 0 spiro atoms. The first-order valence-electron chi connectivity index (χ1n) is 7.60. The van der Waals surface area contributed by atoms with E-state index in [0.717, 1.165) is 24.8 Å². The summed E-state index contributed by atoms with van der Waals surface area (Å²) in [7, 11) is 0. The monoisotopic (exact) mass is 303 g/mol. The Balaban J connectivity index is 1.61. The van der Waals surface area contributed by atoms with Crippen LogP contribution in [-0.2, 0) is 20.7 Å². The minimum Gasteiger partial charge on any atom is -0.478 e. The van der Waals surface area contributed by atoms with Crippen molar-refractivity contribution in [1.82, 2.24) is 0 Å². The minimum atomic E-state index is -1.13. The Morgan fingerprint density at radius 2 is 1.86 bits per heavy atom. The summed E-state index contributed by atoms with van der Waals surface area (Å²) in [6, 6.07) is 9.27. The number of rotatable bonds is 6. The lowest BCUT2D eigenvalue weighted by atomic mass is 9.33. The molecule has 5 heteroatoms. The van der Waals surface area contributed by atoms with Gasteiger partial charge in [-0.3, -0.25) is 4.79 Å². The number of carbonyl (C=O) groups excluding carboxylic acids is 1. The number of ether oxygens (including phenoxy) is 1. The van der Waals surface area contributed by atoms with Crippen molar-refractivity contribution in [2.45, 2.75) is 44.8 Å². The van der Waals surface area contributed by atoms with Crippen LogP contribution in [0.4, 0.5) is 0 Å². The van der Waals surface area contributed by atoms with E-state index >= 15 is 0 Å². The molecule has 0 unspecified atom stereocenters. The van der Waals surface area contributed by atoms with E-state index in [1.165, 1.54) is 0 Å². The first-order valence-corrected chi connectivity index (χ1v) is 7.60. The normalized spacial score (nSPS) is 31.4. The molecular formula is C17H21NO4. The Bertz CT molecular complexity index is 576. The zero-order valence-corrected chi connectivity index (χ0v) is 12.6. The van der Waals surface area contributed by atoms with Gasteiger partial charge in [0.05, 0.1) is 5.41 Å². The van der Waals surface area contributed by atoms with Crippen molar-refractivity contribution < 1.29 is 19.4 Å². The Hall–Kier alpha value is -1.88. The van der Waals surface area contributed by atoms with Crippen molar-refractivity contribution in [3.05, 3.63) is 35.9 Å². The molecule has 0 heterocycles. The number of carboxylic acid groups (broad SMARTS) is 1. The second-order valence-electron chi connectivity index (χ2n) is 6.88. The van der Waals surface area contributed by atoms with Gasteiger partial charge in [-0.25, -0.2) is 4.79 Å². The van der Waals surface area contributed by atoms with Crippen molar-refractivity contribution in [1.29, 1.82) is 0 Å². The van der Waals surface area contributed by atoms with Crippen molar-refractivity contribution in [3.8, 4) is 0 Å². The third-order valence-corrected chi connectivity index (χ3v) is 5.26. The van der Waals surface area contributed by atoms with Gasteiger partial charge in [0.1, 0.15) is 0 Å². The summed E-state index contributed by atoms with van der Waals surface area (Å²) in [6.45, 7) is 1.96. The van der Waals surface area contributed by atoms with Crippen LogP contribution in [-0.4, -0.2) is 29.2 Å². The number of nitrogens with two attached hydrogens (primary N) is 1. The fourth-order valence-corrected chi connectivity index (χ4v) is 3.83. The van der Waals surface area contributed by atoms with E-state index in [-0.39, 0.29) is 23.8 Å². The molecular weight excluding hydrogens is 282 g/mol. The maximum atomic E-state index is 12.3. The van der Waals surface area contributed by atoms with E-state index in [2.05, 4.69) is 0 Å². The predicted octanol–water partition coefficient (Wildman–Crippen LogP) is 1.74. The van der Waals surface area contributed by atoms with Gasteiger partial charge < -0.3 is 15.6 Å². The van der Waals surface area contributed by atoms with Gasteiger partial charge in [0, 0.05) is 12.5 Å². The summed E-state index contributed by atoms with van der Waals surface area (Å²) in [4.78, 5) is 23.7. The number of carbonyl (C=O) groups is 2. The van der Waals surface area contributed by atoms with E-state index in [9.17, 15) is 14.7 Å². The average molecular weight is 303 g/mol. The maximum absolute atomic E-state index is 12.3. The van der Waals surface area contributed by atoms with Gasteiger partial charge in [-0.2, -0.15) is 0 Å². The van der Waals surface area contributed by atoms with Gasteiger partial charge in [-0.1, -0.05) is 30.3 Å². The molecule has 0 aromatic heterocycles. The summed E-state index contributed by atoms with van der Waals surface area (Å²) >= 11 is 0. The quantitative estimate of drug-likeness (QED) is 0.781. The molecule has 3 aliphatic rings. The third kappa shape index (κ3) is 2.29. The van der Waals surface area contributed by atoms with Crippen LogP contribution < -0.4 is 5.73 Å². The van der Waals surface area contributed by atoms with E-state index in [1.54, 1.807) is 0 Å². The average Bonchev–Trinajstić information content (AvgIpc) is 2.35. The maximum Gasteiger partial charge on any atom is 0.345 e. The summed E-state index contributed by atoms with van der Waals surface area (Å²) in [5, 5.41) is 9.29. The molecule has 3 fully saturated rings. The molecule has 3 saturated carbocycles. The van der Waals surface area contributed by atoms with Crippen LogP contribution in [0.15, 0.2) is 30.3 Å². The number of aliphatic carboxylic acids is 1. The van der Waals surface area contributed by atoms with Crippen LogP contribution in [0.25, 0.3) is 0 Å². The van der Waals surface area contributed by atoms with E-state index in [1.807, 2.05) is 37.3 Å². The smallest absolute Gasteiger partial charge is 0.345 e. The molecule has 3 N–H and O–H groups in total. The molecule has 22 heavy (non-hydrogen) atoms. The summed E-state index contributed by atoms with van der Waals surface area (Å²) in [5.74, 6) is -1.48. The number of carboxylic acids is 1. The van der Waals surface area contributed by atoms with Crippen LogP contribution in [0.5, 0.6) is 0 Å². The van der Waals surface area contributed by atoms with Crippen molar-refractivity contribution in [3.63, 3.8) is 0 Å². The highest BCUT2D eigenvalue weighted by Crippen LogP contribution is 2.74. The Morgan fingerprint density at radius 3 is 2.36 bits per heavy atom. The molecule has 0 aliphatic heterocycles. The highest BCUT2D eigenvalue weighted by Gasteiger charge is 2.73. The third-order valence-electron chi connectivity index (χ3n) is 5.26. The molecule has 0 amide bonds. The Labute approximate surface area is 129 Å².